The largest absolute Gasteiger partial charge is 0.495 e. The first-order valence-electron chi connectivity index (χ1n) is 8.67. The van der Waals surface area contributed by atoms with Gasteiger partial charge in [0, 0.05) is 31.6 Å². The first-order chi connectivity index (χ1) is 12.9. The smallest absolute Gasteiger partial charge is 0.265 e. The number of benzene rings is 2. The number of hydrogen-bond acceptors (Lipinski definition) is 5. The van der Waals surface area contributed by atoms with Gasteiger partial charge in [-0.15, -0.1) is 0 Å². The van der Waals surface area contributed by atoms with E-state index in [1.54, 1.807) is 19.2 Å². The minimum absolute atomic E-state index is 0.0828. The summed E-state index contributed by atoms with van der Waals surface area (Å²) in [6, 6.07) is 10.5. The Kier molecular flexibility index (Phi) is 5.86. The second-order valence-electron chi connectivity index (χ2n) is 6.39. The van der Waals surface area contributed by atoms with Crippen molar-refractivity contribution in [2.75, 3.05) is 36.9 Å². The number of hydrogen-bond donors (Lipinski definition) is 1. The van der Waals surface area contributed by atoms with E-state index in [1.807, 2.05) is 12.1 Å². The Morgan fingerprint density at radius 2 is 1.89 bits per heavy atom. The average Bonchev–Trinajstić information content (AvgIpc) is 2.68. The Morgan fingerprint density at radius 1 is 1.15 bits per heavy atom. The summed E-state index contributed by atoms with van der Waals surface area (Å²) < 4.78 is 51.7. The molecule has 1 fully saturated rings. The Hall–Kier alpha value is -2.32. The number of methoxy groups -OCH3 is 2. The fourth-order valence-electron chi connectivity index (χ4n) is 3.18. The second kappa shape index (κ2) is 8.14. The Labute approximate surface area is 159 Å². The first-order valence-corrected chi connectivity index (χ1v) is 10.2. The summed E-state index contributed by atoms with van der Waals surface area (Å²) in [6.07, 6.45) is 2.30. The average molecular weight is 394 g/mol. The van der Waals surface area contributed by atoms with E-state index in [1.165, 1.54) is 13.2 Å². The molecule has 0 radical (unpaired) electrons. The normalized spacial score (nSPS) is 17.6. The number of piperidine rings is 1. The maximum absolute atomic E-state index is 13.5. The van der Waals surface area contributed by atoms with Crippen LogP contribution in [0.4, 0.5) is 15.8 Å². The molecule has 1 N–H and O–H groups in total. The molecule has 0 aromatic heterocycles. The summed E-state index contributed by atoms with van der Waals surface area (Å²) in [6.45, 7) is 1.74. The van der Waals surface area contributed by atoms with E-state index in [4.69, 9.17) is 9.47 Å². The molecule has 6 nitrogen and oxygen atoms in total. The summed E-state index contributed by atoms with van der Waals surface area (Å²) in [7, 11) is -0.922. The fourth-order valence-corrected chi connectivity index (χ4v) is 4.42. The SMILES string of the molecule is COc1ccc(F)cc1S(=O)(=O)Nc1ccc(N2CCCC(OC)C2)cc1. The van der Waals surface area contributed by atoms with Gasteiger partial charge in [-0.3, -0.25) is 4.72 Å². The van der Waals surface area contributed by atoms with Gasteiger partial charge in [-0.25, -0.2) is 12.8 Å². The summed E-state index contributed by atoms with van der Waals surface area (Å²) >= 11 is 0. The number of rotatable bonds is 6. The van der Waals surface area contributed by atoms with Crippen LogP contribution in [-0.4, -0.2) is 41.8 Å². The van der Waals surface area contributed by atoms with Crippen LogP contribution in [0.25, 0.3) is 0 Å². The molecule has 0 spiro atoms. The molecule has 0 amide bonds. The molecule has 0 saturated carbocycles. The van der Waals surface area contributed by atoms with Crippen molar-refractivity contribution < 1.29 is 22.3 Å². The van der Waals surface area contributed by atoms with Crippen LogP contribution in [0.2, 0.25) is 0 Å². The molecule has 8 heteroatoms. The molecule has 2 aromatic carbocycles. The fraction of sp³-hybridized carbons (Fsp3) is 0.368. The standard InChI is InChI=1S/C19H23FN2O4S/c1-25-17-4-3-11-22(13-17)16-8-6-15(7-9-16)21-27(23,24)19-12-14(20)5-10-18(19)26-2/h5-10,12,17,21H,3-4,11,13H2,1-2H3. The molecule has 1 aliphatic heterocycles. The number of nitrogens with zero attached hydrogens (tertiary/aromatic N) is 1. The minimum atomic E-state index is -3.98. The lowest BCUT2D eigenvalue weighted by atomic mass is 10.1. The molecule has 1 atom stereocenters. The second-order valence-corrected chi connectivity index (χ2v) is 8.04. The molecule has 1 saturated heterocycles. The number of sulfonamides is 1. The van der Waals surface area contributed by atoms with E-state index in [0.717, 1.165) is 43.8 Å². The molecule has 1 aliphatic rings. The van der Waals surface area contributed by atoms with Gasteiger partial charge in [0.25, 0.3) is 10.0 Å². The number of anilines is 2. The van der Waals surface area contributed by atoms with E-state index in [0.29, 0.717) is 5.69 Å². The van der Waals surface area contributed by atoms with Crippen molar-refractivity contribution in [1.29, 1.82) is 0 Å². The predicted molar refractivity (Wildman–Crippen MR) is 102 cm³/mol. The predicted octanol–water partition coefficient (Wildman–Crippen LogP) is 3.25. The van der Waals surface area contributed by atoms with Crippen LogP contribution in [0.15, 0.2) is 47.4 Å². The third-order valence-electron chi connectivity index (χ3n) is 4.61. The topological polar surface area (TPSA) is 67.9 Å². The summed E-state index contributed by atoms with van der Waals surface area (Å²) in [5.41, 5.74) is 1.40. The quantitative estimate of drug-likeness (QED) is 0.815. The highest BCUT2D eigenvalue weighted by Crippen LogP contribution is 2.28. The molecule has 0 aliphatic carbocycles. The van der Waals surface area contributed by atoms with Crippen LogP contribution in [0, 0.1) is 5.82 Å². The zero-order chi connectivity index (χ0) is 19.4. The molecule has 1 unspecified atom stereocenters. The lowest BCUT2D eigenvalue weighted by Crippen LogP contribution is -2.39. The molecule has 2 aromatic rings. The number of halogens is 1. The molecular weight excluding hydrogens is 371 g/mol. The van der Waals surface area contributed by atoms with Crippen molar-refractivity contribution in [2.45, 2.75) is 23.8 Å². The maximum Gasteiger partial charge on any atom is 0.265 e. The first kappa shape index (κ1) is 19.4. The van der Waals surface area contributed by atoms with Crippen molar-refractivity contribution in [3.63, 3.8) is 0 Å². The highest BCUT2D eigenvalue weighted by Gasteiger charge is 2.22. The Bertz CT molecular complexity index is 887. The van der Waals surface area contributed by atoms with Crippen LogP contribution in [0.5, 0.6) is 5.75 Å². The summed E-state index contributed by atoms with van der Waals surface area (Å²) in [5, 5.41) is 0. The van der Waals surface area contributed by atoms with E-state index >= 15 is 0 Å². The van der Waals surface area contributed by atoms with E-state index < -0.39 is 15.8 Å². The molecule has 1 heterocycles. The molecule has 27 heavy (non-hydrogen) atoms. The van der Waals surface area contributed by atoms with Gasteiger partial charge in [-0.2, -0.15) is 0 Å². The van der Waals surface area contributed by atoms with Gasteiger partial charge in [-0.1, -0.05) is 0 Å². The Morgan fingerprint density at radius 3 is 2.56 bits per heavy atom. The molecule has 3 rings (SSSR count). The van der Waals surface area contributed by atoms with E-state index in [9.17, 15) is 12.8 Å². The van der Waals surface area contributed by atoms with E-state index in [-0.39, 0.29) is 16.7 Å². The van der Waals surface area contributed by atoms with Crippen molar-refractivity contribution in [3.05, 3.63) is 48.3 Å². The van der Waals surface area contributed by atoms with Gasteiger partial charge in [0.05, 0.1) is 13.2 Å². The third-order valence-corrected chi connectivity index (χ3v) is 6.01. The van der Waals surface area contributed by atoms with Crippen molar-refractivity contribution >= 4 is 21.4 Å². The molecular formula is C19H23FN2O4S. The van der Waals surface area contributed by atoms with Gasteiger partial charge < -0.3 is 14.4 Å². The zero-order valence-corrected chi connectivity index (χ0v) is 16.1. The van der Waals surface area contributed by atoms with Crippen molar-refractivity contribution in [1.82, 2.24) is 0 Å². The van der Waals surface area contributed by atoms with Crippen LogP contribution in [0.3, 0.4) is 0 Å². The van der Waals surface area contributed by atoms with Crippen LogP contribution in [-0.2, 0) is 14.8 Å². The number of nitrogens with one attached hydrogen (secondary N) is 1. The number of ether oxygens (including phenoxy) is 2. The molecule has 0 bridgehead atoms. The van der Waals surface area contributed by atoms with E-state index in [2.05, 4.69) is 9.62 Å². The van der Waals surface area contributed by atoms with Gasteiger partial charge in [0.15, 0.2) is 0 Å². The highest BCUT2D eigenvalue weighted by atomic mass is 32.2. The van der Waals surface area contributed by atoms with Gasteiger partial charge in [0.1, 0.15) is 16.5 Å². The summed E-state index contributed by atoms with van der Waals surface area (Å²) in [5.74, 6) is -0.566. The summed E-state index contributed by atoms with van der Waals surface area (Å²) in [4.78, 5) is 1.97. The zero-order valence-electron chi connectivity index (χ0n) is 15.3. The third kappa shape index (κ3) is 4.51. The Balaban J connectivity index is 1.77. The van der Waals surface area contributed by atoms with Crippen LogP contribution < -0.4 is 14.4 Å². The lowest BCUT2D eigenvalue weighted by Gasteiger charge is -2.33. The van der Waals surface area contributed by atoms with Gasteiger partial charge in [0.2, 0.25) is 0 Å². The van der Waals surface area contributed by atoms with Crippen molar-refractivity contribution in [2.24, 2.45) is 0 Å². The minimum Gasteiger partial charge on any atom is -0.495 e. The van der Waals surface area contributed by atoms with Gasteiger partial charge >= 0.3 is 0 Å². The van der Waals surface area contributed by atoms with Crippen LogP contribution in [0.1, 0.15) is 12.8 Å². The molecule has 146 valence electrons. The monoisotopic (exact) mass is 394 g/mol. The van der Waals surface area contributed by atoms with Crippen LogP contribution >= 0.6 is 0 Å². The maximum atomic E-state index is 13.5. The van der Waals surface area contributed by atoms with Gasteiger partial charge in [-0.05, 0) is 55.3 Å². The lowest BCUT2D eigenvalue weighted by molar-refractivity contribution is 0.0893. The highest BCUT2D eigenvalue weighted by molar-refractivity contribution is 7.92. The van der Waals surface area contributed by atoms with Crippen molar-refractivity contribution in [3.8, 4) is 5.75 Å².